The van der Waals surface area contributed by atoms with E-state index in [1.54, 1.807) is 0 Å². The summed E-state index contributed by atoms with van der Waals surface area (Å²) in [4.78, 5) is 0. The molecule has 0 saturated heterocycles. The van der Waals surface area contributed by atoms with Gasteiger partial charge in [-0.1, -0.05) is 57.4 Å². The molecule has 0 aliphatic heterocycles. The zero-order chi connectivity index (χ0) is 13.0. The molecule has 0 amide bonds. The minimum absolute atomic E-state index is 0.0832. The molecular weight excluding hydrogens is 220 g/mol. The second-order valence-corrected chi connectivity index (χ2v) is 6.31. The van der Waals surface area contributed by atoms with E-state index in [1.807, 2.05) is 0 Å². The van der Waals surface area contributed by atoms with Crippen molar-refractivity contribution in [3.8, 4) is 0 Å². The normalized spacial score (nSPS) is 17.9. The van der Waals surface area contributed by atoms with Crippen molar-refractivity contribution in [1.82, 2.24) is 0 Å². The average molecular weight is 246 g/mol. The van der Waals surface area contributed by atoms with Crippen molar-refractivity contribution in [2.24, 2.45) is 0 Å². The summed E-state index contributed by atoms with van der Waals surface area (Å²) in [5, 5.41) is 9.12. The molecule has 18 heavy (non-hydrogen) atoms. The summed E-state index contributed by atoms with van der Waals surface area (Å²) >= 11 is 0. The highest BCUT2D eigenvalue weighted by molar-refractivity contribution is 5.30. The van der Waals surface area contributed by atoms with Crippen molar-refractivity contribution >= 4 is 0 Å². The van der Waals surface area contributed by atoms with E-state index in [4.69, 9.17) is 5.11 Å². The Morgan fingerprint density at radius 3 is 2.22 bits per heavy atom. The molecule has 0 atom stereocenters. The third kappa shape index (κ3) is 3.14. The monoisotopic (exact) mass is 246 g/mol. The quantitative estimate of drug-likeness (QED) is 0.835. The van der Waals surface area contributed by atoms with Crippen molar-refractivity contribution in [2.75, 3.05) is 6.61 Å². The van der Waals surface area contributed by atoms with Crippen LogP contribution < -0.4 is 0 Å². The van der Waals surface area contributed by atoms with Crippen LogP contribution in [0.2, 0.25) is 0 Å². The number of hydrogen-bond acceptors (Lipinski definition) is 1. The van der Waals surface area contributed by atoms with Crippen LogP contribution in [-0.2, 0) is 5.41 Å². The van der Waals surface area contributed by atoms with E-state index in [9.17, 15) is 0 Å². The van der Waals surface area contributed by atoms with E-state index in [0.29, 0.717) is 0 Å². The fourth-order valence-corrected chi connectivity index (χ4v) is 3.07. The van der Waals surface area contributed by atoms with Gasteiger partial charge in [0.15, 0.2) is 0 Å². The average Bonchev–Trinajstić information content (AvgIpc) is 2.40. The summed E-state index contributed by atoms with van der Waals surface area (Å²) in [6.07, 6.45) is 7.75. The second-order valence-electron chi connectivity index (χ2n) is 6.31. The first-order valence-corrected chi connectivity index (χ1v) is 7.35. The maximum atomic E-state index is 9.12. The fourth-order valence-electron chi connectivity index (χ4n) is 3.07. The first-order valence-electron chi connectivity index (χ1n) is 7.35. The van der Waals surface area contributed by atoms with Crippen molar-refractivity contribution in [2.45, 2.75) is 63.7 Å². The van der Waals surface area contributed by atoms with Crippen LogP contribution in [-0.4, -0.2) is 11.7 Å². The zero-order valence-corrected chi connectivity index (χ0v) is 11.8. The zero-order valence-electron chi connectivity index (χ0n) is 11.8. The van der Waals surface area contributed by atoms with E-state index in [-0.39, 0.29) is 12.0 Å². The highest BCUT2D eigenvalue weighted by atomic mass is 16.3. The predicted molar refractivity (Wildman–Crippen MR) is 77.0 cm³/mol. The van der Waals surface area contributed by atoms with Crippen molar-refractivity contribution < 1.29 is 5.11 Å². The molecule has 1 fully saturated rings. The standard InChI is InChI=1S/C17H26O/c1-17(2,12-13-18)16-10-8-15(9-11-16)14-6-4-3-5-7-14/h8-11,14,18H,3-7,12-13H2,1-2H3. The van der Waals surface area contributed by atoms with Gasteiger partial charge in [0.2, 0.25) is 0 Å². The molecule has 0 radical (unpaired) electrons. The van der Waals surface area contributed by atoms with Crippen LogP contribution in [0.3, 0.4) is 0 Å². The maximum absolute atomic E-state index is 9.12. The second kappa shape index (κ2) is 5.88. The van der Waals surface area contributed by atoms with Crippen molar-refractivity contribution in [3.05, 3.63) is 35.4 Å². The lowest BCUT2D eigenvalue weighted by atomic mass is 9.79. The van der Waals surface area contributed by atoms with E-state index in [1.165, 1.54) is 43.2 Å². The molecule has 100 valence electrons. The van der Waals surface area contributed by atoms with Crippen LogP contribution in [0.25, 0.3) is 0 Å². The van der Waals surface area contributed by atoms with Gasteiger partial charge < -0.3 is 5.11 Å². The van der Waals surface area contributed by atoms with Gasteiger partial charge in [-0.05, 0) is 41.7 Å². The Labute approximate surface area is 111 Å². The lowest BCUT2D eigenvalue weighted by Crippen LogP contribution is -2.18. The third-order valence-corrected chi connectivity index (χ3v) is 4.51. The van der Waals surface area contributed by atoms with Crippen LogP contribution in [0.5, 0.6) is 0 Å². The Balaban J connectivity index is 2.09. The number of hydrogen-bond donors (Lipinski definition) is 1. The van der Waals surface area contributed by atoms with E-state index in [0.717, 1.165) is 12.3 Å². The first kappa shape index (κ1) is 13.6. The Kier molecular flexibility index (Phi) is 4.45. The van der Waals surface area contributed by atoms with Gasteiger partial charge in [0, 0.05) is 6.61 Å². The topological polar surface area (TPSA) is 20.2 Å². The molecule has 0 heterocycles. The molecule has 1 aliphatic rings. The highest BCUT2D eigenvalue weighted by Gasteiger charge is 2.21. The summed E-state index contributed by atoms with van der Waals surface area (Å²) < 4.78 is 0. The summed E-state index contributed by atoms with van der Waals surface area (Å²) in [6, 6.07) is 9.15. The van der Waals surface area contributed by atoms with Gasteiger partial charge in [-0.3, -0.25) is 0 Å². The molecule has 2 rings (SSSR count). The van der Waals surface area contributed by atoms with E-state index < -0.39 is 0 Å². The largest absolute Gasteiger partial charge is 0.396 e. The summed E-state index contributed by atoms with van der Waals surface area (Å²) in [6.45, 7) is 4.68. The summed E-state index contributed by atoms with van der Waals surface area (Å²) in [5.74, 6) is 0.786. The SMILES string of the molecule is CC(C)(CCO)c1ccc(C2CCCCC2)cc1. The number of aliphatic hydroxyl groups is 1. The Bertz CT molecular complexity index is 358. The van der Waals surface area contributed by atoms with Crippen LogP contribution in [0.4, 0.5) is 0 Å². The summed E-state index contributed by atoms with van der Waals surface area (Å²) in [5.41, 5.74) is 2.94. The number of aliphatic hydroxyl groups excluding tert-OH is 1. The molecule has 0 unspecified atom stereocenters. The molecular formula is C17H26O. The Hall–Kier alpha value is -0.820. The minimum atomic E-state index is 0.0832. The van der Waals surface area contributed by atoms with Crippen molar-refractivity contribution in [1.29, 1.82) is 0 Å². The van der Waals surface area contributed by atoms with Crippen molar-refractivity contribution in [3.63, 3.8) is 0 Å². The smallest absolute Gasteiger partial charge is 0.0439 e. The molecule has 1 aromatic rings. The predicted octanol–water partition coefficient (Wildman–Crippen LogP) is 4.39. The van der Waals surface area contributed by atoms with Gasteiger partial charge in [0.1, 0.15) is 0 Å². The van der Waals surface area contributed by atoms with Crippen LogP contribution in [0, 0.1) is 0 Å². The molecule has 1 aromatic carbocycles. The number of benzene rings is 1. The molecule has 0 bridgehead atoms. The van der Waals surface area contributed by atoms with Gasteiger partial charge >= 0.3 is 0 Å². The van der Waals surface area contributed by atoms with E-state index >= 15 is 0 Å². The summed E-state index contributed by atoms with van der Waals surface area (Å²) in [7, 11) is 0. The Morgan fingerprint density at radius 2 is 1.67 bits per heavy atom. The molecule has 1 aliphatic carbocycles. The molecule has 1 N–H and O–H groups in total. The Morgan fingerprint density at radius 1 is 1.06 bits per heavy atom. The van der Waals surface area contributed by atoms with E-state index in [2.05, 4.69) is 38.1 Å². The molecule has 0 spiro atoms. The molecule has 1 nitrogen and oxygen atoms in total. The molecule has 1 saturated carbocycles. The third-order valence-electron chi connectivity index (χ3n) is 4.51. The molecule has 0 aromatic heterocycles. The van der Waals surface area contributed by atoms with Gasteiger partial charge in [0.05, 0.1) is 0 Å². The molecule has 1 heteroatoms. The van der Waals surface area contributed by atoms with Crippen LogP contribution in [0.15, 0.2) is 24.3 Å². The van der Waals surface area contributed by atoms with Gasteiger partial charge in [-0.15, -0.1) is 0 Å². The van der Waals surface area contributed by atoms with Gasteiger partial charge in [0.25, 0.3) is 0 Å². The fraction of sp³-hybridized carbons (Fsp3) is 0.647. The minimum Gasteiger partial charge on any atom is -0.396 e. The number of rotatable bonds is 4. The van der Waals surface area contributed by atoms with Crippen LogP contribution in [0.1, 0.15) is 69.4 Å². The first-order chi connectivity index (χ1) is 8.63. The van der Waals surface area contributed by atoms with Crippen LogP contribution >= 0.6 is 0 Å². The van der Waals surface area contributed by atoms with Gasteiger partial charge in [-0.25, -0.2) is 0 Å². The maximum Gasteiger partial charge on any atom is 0.0439 e. The highest BCUT2D eigenvalue weighted by Crippen LogP contribution is 2.34. The lowest BCUT2D eigenvalue weighted by molar-refractivity contribution is 0.252. The van der Waals surface area contributed by atoms with Gasteiger partial charge in [-0.2, -0.15) is 0 Å². The lowest BCUT2D eigenvalue weighted by Gasteiger charge is -2.26.